The maximum absolute atomic E-state index is 11.2. The van der Waals surface area contributed by atoms with Gasteiger partial charge in [-0.15, -0.1) is 12.4 Å². The zero-order valence-corrected chi connectivity index (χ0v) is 18.5. The van der Waals surface area contributed by atoms with E-state index in [0.29, 0.717) is 0 Å². The lowest BCUT2D eigenvalue weighted by Crippen LogP contribution is -2.36. The number of benzene rings is 2. The molecule has 2 aromatic carbocycles. The molecule has 3 rings (SSSR count). The Labute approximate surface area is 185 Å². The van der Waals surface area contributed by atoms with Gasteiger partial charge in [0.05, 0.1) is 6.61 Å². The van der Waals surface area contributed by atoms with Crippen LogP contribution in [0.25, 0.3) is 0 Å². The molecule has 158 valence electrons. The van der Waals surface area contributed by atoms with Gasteiger partial charge in [-0.1, -0.05) is 48.5 Å². The first-order valence-electron chi connectivity index (χ1n) is 10.4. The second-order valence-electron chi connectivity index (χ2n) is 7.57. The van der Waals surface area contributed by atoms with E-state index in [1.54, 1.807) is 0 Å². The normalized spacial score (nSPS) is 14.9. The van der Waals surface area contributed by atoms with Crippen LogP contribution in [-0.4, -0.2) is 36.4 Å². The summed E-state index contributed by atoms with van der Waals surface area (Å²) in [6.45, 7) is 3.78. The second-order valence-corrected chi connectivity index (χ2v) is 7.94. The van der Waals surface area contributed by atoms with Crippen molar-refractivity contribution >= 4 is 29.3 Å². The van der Waals surface area contributed by atoms with Crippen LogP contribution in [0.15, 0.2) is 54.6 Å². The number of carbonyl (C=O) groups is 1. The second kappa shape index (κ2) is 12.9. The lowest BCUT2D eigenvalue weighted by Gasteiger charge is -2.30. The molecule has 0 aromatic heterocycles. The molecule has 0 bridgehead atoms. The number of aryl methyl sites for hydroxylation is 2. The van der Waals surface area contributed by atoms with Crippen molar-refractivity contribution in [2.24, 2.45) is 5.92 Å². The van der Waals surface area contributed by atoms with Gasteiger partial charge in [0.25, 0.3) is 0 Å². The molecule has 5 heteroatoms. The van der Waals surface area contributed by atoms with E-state index in [4.69, 9.17) is 16.3 Å². The third-order valence-electron chi connectivity index (χ3n) is 5.53. The van der Waals surface area contributed by atoms with E-state index >= 15 is 0 Å². The Morgan fingerprint density at radius 3 is 2.38 bits per heavy atom. The maximum atomic E-state index is 11.2. The Hall–Kier alpha value is -1.55. The first kappa shape index (κ1) is 23.7. The molecular weight excluding hydrogens is 405 g/mol. The molecule has 1 fully saturated rings. The Balaban J connectivity index is 0.00000300. The molecule has 1 aliphatic heterocycles. The van der Waals surface area contributed by atoms with E-state index in [0.717, 1.165) is 70.5 Å². The molecule has 0 atom stereocenters. The summed E-state index contributed by atoms with van der Waals surface area (Å²) in [6, 6.07) is 19.0. The number of para-hydroxylation sites is 1. The standard InChI is InChI=1S/C24H30ClNO2.ClH/c25-24(27)22-14-17-26(18-15-22)16-6-7-19-28-23-11-5-4-10-21(23)13-12-20-8-2-1-3-9-20;/h1-5,8-11,22H,6-7,12-19H2;1H. The van der Waals surface area contributed by atoms with Gasteiger partial charge < -0.3 is 9.64 Å². The lowest BCUT2D eigenvalue weighted by molar-refractivity contribution is -0.116. The van der Waals surface area contributed by atoms with Crippen LogP contribution in [0.3, 0.4) is 0 Å². The highest BCUT2D eigenvalue weighted by Crippen LogP contribution is 2.21. The molecule has 1 heterocycles. The predicted octanol–water partition coefficient (Wildman–Crippen LogP) is 5.53. The van der Waals surface area contributed by atoms with Crippen LogP contribution in [0.2, 0.25) is 0 Å². The first-order valence-corrected chi connectivity index (χ1v) is 10.8. The van der Waals surface area contributed by atoms with Crippen molar-refractivity contribution in [3.8, 4) is 5.75 Å². The fourth-order valence-corrected chi connectivity index (χ4v) is 4.00. The van der Waals surface area contributed by atoms with E-state index in [2.05, 4.69) is 53.4 Å². The van der Waals surface area contributed by atoms with Gasteiger partial charge in [-0.3, -0.25) is 4.79 Å². The van der Waals surface area contributed by atoms with Crippen molar-refractivity contribution in [3.63, 3.8) is 0 Å². The highest BCUT2D eigenvalue weighted by molar-refractivity contribution is 6.63. The van der Waals surface area contributed by atoms with Gasteiger partial charge in [0, 0.05) is 5.92 Å². The van der Waals surface area contributed by atoms with Crippen molar-refractivity contribution in [3.05, 3.63) is 65.7 Å². The van der Waals surface area contributed by atoms with Gasteiger partial charge in [-0.25, -0.2) is 0 Å². The largest absolute Gasteiger partial charge is 0.493 e. The van der Waals surface area contributed by atoms with Crippen LogP contribution in [0.1, 0.15) is 36.8 Å². The van der Waals surface area contributed by atoms with Gasteiger partial charge in [0.15, 0.2) is 0 Å². The summed E-state index contributed by atoms with van der Waals surface area (Å²) >= 11 is 5.60. The van der Waals surface area contributed by atoms with Gasteiger partial charge >= 0.3 is 0 Å². The average molecular weight is 436 g/mol. The summed E-state index contributed by atoms with van der Waals surface area (Å²) in [5.74, 6) is 1.08. The van der Waals surface area contributed by atoms with E-state index in [1.807, 2.05) is 6.07 Å². The number of ether oxygens (including phenoxy) is 1. The monoisotopic (exact) mass is 435 g/mol. The highest BCUT2D eigenvalue weighted by Gasteiger charge is 2.23. The van der Waals surface area contributed by atoms with Crippen LogP contribution < -0.4 is 4.74 Å². The van der Waals surface area contributed by atoms with E-state index in [1.165, 1.54) is 11.1 Å². The van der Waals surface area contributed by atoms with Gasteiger partial charge in [-0.2, -0.15) is 0 Å². The smallest absolute Gasteiger partial charge is 0.224 e. The minimum Gasteiger partial charge on any atom is -0.493 e. The Morgan fingerprint density at radius 1 is 0.966 bits per heavy atom. The number of likely N-dealkylation sites (tertiary alicyclic amines) is 1. The van der Waals surface area contributed by atoms with Crippen molar-refractivity contribution in [2.75, 3.05) is 26.2 Å². The summed E-state index contributed by atoms with van der Waals surface area (Å²) in [6.07, 6.45) is 5.98. The molecular formula is C24H31Cl2NO2. The number of carbonyl (C=O) groups excluding carboxylic acids is 1. The SMILES string of the molecule is Cl.O=C(Cl)C1CCN(CCCCOc2ccccc2CCc2ccccc2)CC1. The van der Waals surface area contributed by atoms with Gasteiger partial charge in [-0.05, 0) is 87.0 Å². The number of hydrogen-bond acceptors (Lipinski definition) is 3. The summed E-state index contributed by atoms with van der Waals surface area (Å²) in [5, 5.41) is -0.168. The third kappa shape index (κ3) is 8.00. The molecule has 0 radical (unpaired) electrons. The van der Waals surface area contributed by atoms with E-state index < -0.39 is 0 Å². The minimum absolute atomic E-state index is 0. The van der Waals surface area contributed by atoms with Crippen LogP contribution in [0.5, 0.6) is 5.75 Å². The average Bonchev–Trinajstić information content (AvgIpc) is 2.74. The van der Waals surface area contributed by atoms with Crippen molar-refractivity contribution in [1.82, 2.24) is 4.90 Å². The third-order valence-corrected chi connectivity index (χ3v) is 5.84. The summed E-state index contributed by atoms with van der Waals surface area (Å²) < 4.78 is 6.08. The van der Waals surface area contributed by atoms with Gasteiger partial charge in [0.1, 0.15) is 5.75 Å². The number of unbranched alkanes of at least 4 members (excludes halogenated alkanes) is 1. The molecule has 0 saturated carbocycles. The molecule has 0 aliphatic carbocycles. The topological polar surface area (TPSA) is 29.5 Å². The van der Waals surface area contributed by atoms with Crippen molar-refractivity contribution in [2.45, 2.75) is 38.5 Å². The predicted molar refractivity (Wildman–Crippen MR) is 122 cm³/mol. The molecule has 0 N–H and O–H groups in total. The maximum Gasteiger partial charge on any atom is 0.224 e. The molecule has 1 aliphatic rings. The molecule has 0 amide bonds. The number of piperidine rings is 1. The van der Waals surface area contributed by atoms with E-state index in [9.17, 15) is 4.79 Å². The molecule has 29 heavy (non-hydrogen) atoms. The molecule has 0 spiro atoms. The number of hydrogen-bond donors (Lipinski definition) is 0. The molecule has 3 nitrogen and oxygen atoms in total. The number of halogens is 2. The molecule has 2 aromatic rings. The summed E-state index contributed by atoms with van der Waals surface area (Å²) in [7, 11) is 0. The number of rotatable bonds is 10. The Morgan fingerprint density at radius 2 is 1.66 bits per heavy atom. The highest BCUT2D eigenvalue weighted by atomic mass is 35.5. The molecule has 0 unspecified atom stereocenters. The fraction of sp³-hybridized carbons (Fsp3) is 0.458. The first-order chi connectivity index (χ1) is 13.7. The van der Waals surface area contributed by atoms with Crippen LogP contribution in [0.4, 0.5) is 0 Å². The summed E-state index contributed by atoms with van der Waals surface area (Å²) in [4.78, 5) is 13.7. The van der Waals surface area contributed by atoms with Crippen molar-refractivity contribution in [1.29, 1.82) is 0 Å². The van der Waals surface area contributed by atoms with Crippen molar-refractivity contribution < 1.29 is 9.53 Å². The lowest BCUT2D eigenvalue weighted by atomic mass is 9.98. The Bertz CT molecular complexity index is 731. The zero-order chi connectivity index (χ0) is 19.6. The zero-order valence-electron chi connectivity index (χ0n) is 16.9. The summed E-state index contributed by atoms with van der Waals surface area (Å²) in [5.41, 5.74) is 2.64. The van der Waals surface area contributed by atoms with Crippen LogP contribution in [0, 0.1) is 5.92 Å². The molecule has 1 saturated heterocycles. The minimum atomic E-state index is -0.168. The van der Waals surface area contributed by atoms with E-state index in [-0.39, 0.29) is 23.6 Å². The van der Waals surface area contributed by atoms with Crippen LogP contribution in [-0.2, 0) is 17.6 Å². The van der Waals surface area contributed by atoms with Crippen LogP contribution >= 0.6 is 24.0 Å². The number of nitrogens with zero attached hydrogens (tertiary/aromatic N) is 1. The fourth-order valence-electron chi connectivity index (χ4n) is 3.78. The Kier molecular flexibility index (Phi) is 10.5. The van der Waals surface area contributed by atoms with Gasteiger partial charge in [0.2, 0.25) is 5.24 Å². The quantitative estimate of drug-likeness (QED) is 0.362.